The molecule has 0 bridgehead atoms. The third-order valence-electron chi connectivity index (χ3n) is 2.49. The van der Waals surface area contributed by atoms with Gasteiger partial charge in [0.25, 0.3) is 0 Å². The second-order valence-electron chi connectivity index (χ2n) is 3.65. The Morgan fingerprint density at radius 1 is 1.36 bits per heavy atom. The zero-order chi connectivity index (χ0) is 10.3. The molecule has 1 nitrogen and oxygen atoms in total. The van der Waals surface area contributed by atoms with Crippen LogP contribution in [0.1, 0.15) is 18.1 Å². The topological polar surface area (TPSA) is 26.0 Å². The first-order valence-electron chi connectivity index (χ1n) is 4.52. The molecule has 0 aliphatic heterocycles. The molecule has 74 valence electrons. The molecule has 2 rings (SSSR count). The maximum atomic E-state index is 6.08. The normalized spacial score (nSPS) is 16.4. The van der Waals surface area contributed by atoms with E-state index >= 15 is 0 Å². The quantitative estimate of drug-likeness (QED) is 0.784. The summed E-state index contributed by atoms with van der Waals surface area (Å²) in [6.45, 7) is 1.98. The van der Waals surface area contributed by atoms with Gasteiger partial charge in [0, 0.05) is 16.1 Å². The SMILES string of the molecule is CC(N)C1=Cc2c(Cl)cc(Cl)cc2C1. The van der Waals surface area contributed by atoms with Gasteiger partial charge < -0.3 is 5.73 Å². The average Bonchev–Trinajstić information content (AvgIpc) is 2.47. The number of hydrogen-bond acceptors (Lipinski definition) is 1. The van der Waals surface area contributed by atoms with Crippen LogP contribution in [0.25, 0.3) is 6.08 Å². The summed E-state index contributed by atoms with van der Waals surface area (Å²) in [5.41, 5.74) is 9.28. The highest BCUT2D eigenvalue weighted by Crippen LogP contribution is 2.34. The van der Waals surface area contributed by atoms with Crippen LogP contribution in [0.5, 0.6) is 0 Å². The van der Waals surface area contributed by atoms with Crippen LogP contribution < -0.4 is 5.73 Å². The maximum Gasteiger partial charge on any atom is 0.0496 e. The van der Waals surface area contributed by atoms with Crippen LogP contribution in [0.2, 0.25) is 10.0 Å². The summed E-state index contributed by atoms with van der Waals surface area (Å²) in [6.07, 6.45) is 2.94. The molecule has 0 fully saturated rings. The van der Waals surface area contributed by atoms with E-state index in [1.165, 1.54) is 11.1 Å². The Hall–Kier alpha value is -0.500. The molecular weight excluding hydrogens is 217 g/mol. The number of rotatable bonds is 1. The predicted octanol–water partition coefficient (Wildman–Crippen LogP) is 3.28. The largest absolute Gasteiger partial charge is 0.324 e. The minimum atomic E-state index is 0.0808. The van der Waals surface area contributed by atoms with Gasteiger partial charge in [-0.05, 0) is 42.2 Å². The summed E-state index contributed by atoms with van der Waals surface area (Å²) in [7, 11) is 0. The Morgan fingerprint density at radius 2 is 2.07 bits per heavy atom. The van der Waals surface area contributed by atoms with Crippen molar-refractivity contribution in [1.29, 1.82) is 0 Å². The van der Waals surface area contributed by atoms with Crippen LogP contribution in [0.4, 0.5) is 0 Å². The fourth-order valence-corrected chi connectivity index (χ4v) is 2.28. The molecule has 0 saturated heterocycles. The van der Waals surface area contributed by atoms with Crippen molar-refractivity contribution in [2.24, 2.45) is 5.73 Å². The highest BCUT2D eigenvalue weighted by molar-refractivity contribution is 6.35. The zero-order valence-electron chi connectivity index (χ0n) is 7.85. The van der Waals surface area contributed by atoms with Crippen LogP contribution in [0.15, 0.2) is 17.7 Å². The minimum absolute atomic E-state index is 0.0808. The molecule has 3 heteroatoms. The minimum Gasteiger partial charge on any atom is -0.324 e. The molecule has 1 aromatic rings. The molecule has 0 saturated carbocycles. The van der Waals surface area contributed by atoms with Crippen molar-refractivity contribution in [2.75, 3.05) is 0 Å². The summed E-state index contributed by atoms with van der Waals surface area (Å²) >= 11 is 12.0. The van der Waals surface area contributed by atoms with Gasteiger partial charge >= 0.3 is 0 Å². The van der Waals surface area contributed by atoms with Crippen molar-refractivity contribution in [3.8, 4) is 0 Å². The molecule has 2 N–H and O–H groups in total. The first-order valence-corrected chi connectivity index (χ1v) is 5.27. The number of fused-ring (bicyclic) bond motifs is 1. The Bertz CT molecular complexity index is 408. The first-order chi connectivity index (χ1) is 6.58. The van der Waals surface area contributed by atoms with Crippen LogP contribution in [0.3, 0.4) is 0 Å². The molecular formula is C11H11Cl2N. The lowest BCUT2D eigenvalue weighted by molar-refractivity contribution is 0.841. The molecule has 0 spiro atoms. The first kappa shape index (κ1) is 10.0. The van der Waals surface area contributed by atoms with Crippen molar-refractivity contribution < 1.29 is 0 Å². The maximum absolute atomic E-state index is 6.08. The summed E-state index contributed by atoms with van der Waals surface area (Å²) in [4.78, 5) is 0. The van der Waals surface area contributed by atoms with Crippen molar-refractivity contribution >= 4 is 29.3 Å². The Balaban J connectivity index is 2.46. The average molecular weight is 228 g/mol. The monoisotopic (exact) mass is 227 g/mol. The van der Waals surface area contributed by atoms with Crippen molar-refractivity contribution in [1.82, 2.24) is 0 Å². The van der Waals surface area contributed by atoms with Gasteiger partial charge in [-0.15, -0.1) is 0 Å². The fraction of sp³-hybridized carbons (Fsp3) is 0.273. The third-order valence-corrected chi connectivity index (χ3v) is 3.02. The molecule has 1 aromatic carbocycles. The molecule has 14 heavy (non-hydrogen) atoms. The molecule has 1 atom stereocenters. The third kappa shape index (κ3) is 1.68. The number of nitrogens with two attached hydrogens (primary N) is 1. The summed E-state index contributed by atoms with van der Waals surface area (Å²) in [6, 6.07) is 3.80. The standard InChI is InChI=1S/C11H11Cl2N/c1-6(14)7-2-8-3-9(12)5-11(13)10(8)4-7/h3-6H,2,14H2,1H3. The molecule has 1 unspecified atom stereocenters. The van der Waals surface area contributed by atoms with E-state index in [0.29, 0.717) is 10.0 Å². The molecule has 0 radical (unpaired) electrons. The van der Waals surface area contributed by atoms with Gasteiger partial charge in [-0.3, -0.25) is 0 Å². The Kier molecular flexibility index (Phi) is 2.56. The lowest BCUT2D eigenvalue weighted by Gasteiger charge is -2.05. The van der Waals surface area contributed by atoms with E-state index in [9.17, 15) is 0 Å². The van der Waals surface area contributed by atoms with Crippen LogP contribution in [-0.2, 0) is 6.42 Å². The summed E-state index contributed by atoms with van der Waals surface area (Å²) in [5, 5.41) is 1.40. The van der Waals surface area contributed by atoms with Gasteiger partial charge in [-0.2, -0.15) is 0 Å². The molecule has 0 aromatic heterocycles. The van der Waals surface area contributed by atoms with Gasteiger partial charge in [0.05, 0.1) is 0 Å². The summed E-state index contributed by atoms with van der Waals surface area (Å²) in [5.74, 6) is 0. The highest BCUT2D eigenvalue weighted by Gasteiger charge is 2.18. The van der Waals surface area contributed by atoms with E-state index < -0.39 is 0 Å². The lowest BCUT2D eigenvalue weighted by atomic mass is 10.1. The second kappa shape index (κ2) is 3.58. The molecule has 1 aliphatic carbocycles. The molecule has 0 amide bonds. The van der Waals surface area contributed by atoms with Gasteiger partial charge in [0.1, 0.15) is 0 Å². The molecule has 0 heterocycles. The Labute approximate surface area is 93.5 Å². The smallest absolute Gasteiger partial charge is 0.0496 e. The molecule has 1 aliphatic rings. The number of hydrogen-bond donors (Lipinski definition) is 1. The van der Waals surface area contributed by atoms with Gasteiger partial charge in [0.15, 0.2) is 0 Å². The number of benzene rings is 1. The van der Waals surface area contributed by atoms with Gasteiger partial charge in [0.2, 0.25) is 0 Å². The predicted molar refractivity (Wildman–Crippen MR) is 61.8 cm³/mol. The van der Waals surface area contributed by atoms with E-state index in [-0.39, 0.29) is 6.04 Å². The van der Waals surface area contributed by atoms with Crippen LogP contribution in [0, 0.1) is 0 Å². The summed E-state index contributed by atoms with van der Waals surface area (Å²) < 4.78 is 0. The highest BCUT2D eigenvalue weighted by atomic mass is 35.5. The van der Waals surface area contributed by atoms with E-state index in [2.05, 4.69) is 6.08 Å². The van der Waals surface area contributed by atoms with Gasteiger partial charge in [-0.25, -0.2) is 0 Å². The van der Waals surface area contributed by atoms with E-state index in [1.54, 1.807) is 6.07 Å². The van der Waals surface area contributed by atoms with Crippen LogP contribution in [-0.4, -0.2) is 6.04 Å². The van der Waals surface area contributed by atoms with E-state index in [0.717, 1.165) is 12.0 Å². The van der Waals surface area contributed by atoms with Crippen molar-refractivity contribution in [3.63, 3.8) is 0 Å². The second-order valence-corrected chi connectivity index (χ2v) is 4.49. The fourth-order valence-electron chi connectivity index (χ4n) is 1.69. The zero-order valence-corrected chi connectivity index (χ0v) is 9.36. The lowest BCUT2D eigenvalue weighted by Crippen LogP contribution is -2.17. The number of halogens is 2. The van der Waals surface area contributed by atoms with E-state index in [1.807, 2.05) is 13.0 Å². The van der Waals surface area contributed by atoms with E-state index in [4.69, 9.17) is 28.9 Å². The van der Waals surface area contributed by atoms with Crippen molar-refractivity contribution in [2.45, 2.75) is 19.4 Å². The van der Waals surface area contributed by atoms with Gasteiger partial charge in [-0.1, -0.05) is 29.3 Å². The van der Waals surface area contributed by atoms with Crippen molar-refractivity contribution in [3.05, 3.63) is 38.9 Å². The van der Waals surface area contributed by atoms with Crippen LogP contribution >= 0.6 is 23.2 Å². The Morgan fingerprint density at radius 3 is 2.71 bits per heavy atom.